The van der Waals surface area contributed by atoms with Crippen molar-refractivity contribution in [3.8, 4) is 0 Å². The van der Waals surface area contributed by atoms with Crippen molar-refractivity contribution in [3.63, 3.8) is 0 Å². The second-order valence-corrected chi connectivity index (χ2v) is 8.71. The summed E-state index contributed by atoms with van der Waals surface area (Å²) in [6, 6.07) is 13.9. The van der Waals surface area contributed by atoms with Crippen LogP contribution in [0.4, 0.5) is 0 Å². The van der Waals surface area contributed by atoms with Gasteiger partial charge in [0.25, 0.3) is 5.91 Å². The van der Waals surface area contributed by atoms with E-state index in [4.69, 9.17) is 9.47 Å². The van der Waals surface area contributed by atoms with Gasteiger partial charge in [0.15, 0.2) is 5.65 Å². The third-order valence-electron chi connectivity index (χ3n) is 5.16. The summed E-state index contributed by atoms with van der Waals surface area (Å²) in [7, 11) is 0. The quantitative estimate of drug-likeness (QED) is 0.334. The standard InChI is InChI=1S/C25H28N4O3S/c1-3-31-9-10-32-17-20-7-4-6-19(13-20)14-26-25(30)22-12-18(2)28-24-23(22)15-27-29(24)16-21-8-5-11-33-21/h4-8,11-13,15H,3,9-10,14,16-17H2,1-2H3,(H,26,30). The number of rotatable bonds is 11. The topological polar surface area (TPSA) is 78.3 Å². The van der Waals surface area contributed by atoms with Crippen molar-refractivity contribution in [2.24, 2.45) is 0 Å². The average Bonchev–Trinajstić information content (AvgIpc) is 3.48. The van der Waals surface area contributed by atoms with Crippen LogP contribution in [-0.4, -0.2) is 40.5 Å². The Morgan fingerprint density at radius 3 is 2.79 bits per heavy atom. The molecule has 1 aromatic carbocycles. The zero-order valence-corrected chi connectivity index (χ0v) is 19.7. The highest BCUT2D eigenvalue weighted by molar-refractivity contribution is 7.09. The molecule has 0 aliphatic heterocycles. The smallest absolute Gasteiger partial charge is 0.252 e. The monoisotopic (exact) mass is 464 g/mol. The van der Waals surface area contributed by atoms with Gasteiger partial charge < -0.3 is 14.8 Å². The lowest BCUT2D eigenvalue weighted by Gasteiger charge is -2.10. The summed E-state index contributed by atoms with van der Waals surface area (Å²) < 4.78 is 12.8. The highest BCUT2D eigenvalue weighted by Gasteiger charge is 2.16. The van der Waals surface area contributed by atoms with Crippen LogP contribution in [0, 0.1) is 6.92 Å². The first-order valence-corrected chi connectivity index (χ1v) is 11.9. The van der Waals surface area contributed by atoms with E-state index in [1.54, 1.807) is 17.5 Å². The third-order valence-corrected chi connectivity index (χ3v) is 6.02. The average molecular weight is 465 g/mol. The van der Waals surface area contributed by atoms with E-state index in [1.165, 1.54) is 4.88 Å². The molecule has 0 fully saturated rings. The molecule has 0 atom stereocenters. The number of carbonyl (C=O) groups is 1. The number of nitrogens with one attached hydrogen (secondary N) is 1. The number of hydrogen-bond acceptors (Lipinski definition) is 6. The normalized spacial score (nSPS) is 11.2. The maximum Gasteiger partial charge on any atom is 0.252 e. The molecular weight excluding hydrogens is 436 g/mol. The molecule has 0 unspecified atom stereocenters. The molecule has 3 aromatic heterocycles. The fourth-order valence-electron chi connectivity index (χ4n) is 3.59. The number of aryl methyl sites for hydroxylation is 1. The molecule has 7 nitrogen and oxygen atoms in total. The van der Waals surface area contributed by atoms with Crippen molar-refractivity contribution in [2.75, 3.05) is 19.8 Å². The van der Waals surface area contributed by atoms with Gasteiger partial charge in [-0.25, -0.2) is 9.67 Å². The van der Waals surface area contributed by atoms with Crippen molar-refractivity contribution in [1.82, 2.24) is 20.1 Å². The number of aromatic nitrogens is 3. The van der Waals surface area contributed by atoms with Crippen molar-refractivity contribution in [3.05, 3.63) is 81.3 Å². The van der Waals surface area contributed by atoms with Crippen LogP contribution in [-0.2, 0) is 29.2 Å². The van der Waals surface area contributed by atoms with Crippen molar-refractivity contribution in [2.45, 2.75) is 33.5 Å². The highest BCUT2D eigenvalue weighted by atomic mass is 32.1. The van der Waals surface area contributed by atoms with Gasteiger partial charge in [-0.05, 0) is 42.5 Å². The molecule has 0 spiro atoms. The van der Waals surface area contributed by atoms with Crippen LogP contribution in [0.15, 0.2) is 54.0 Å². The van der Waals surface area contributed by atoms with Crippen molar-refractivity contribution < 1.29 is 14.3 Å². The molecule has 4 aromatic rings. The maximum atomic E-state index is 13.1. The first-order valence-electron chi connectivity index (χ1n) is 11.0. The van der Waals surface area contributed by atoms with Crippen LogP contribution in [0.25, 0.3) is 11.0 Å². The van der Waals surface area contributed by atoms with Crippen LogP contribution in [0.1, 0.15) is 39.0 Å². The second-order valence-electron chi connectivity index (χ2n) is 7.68. The Balaban J connectivity index is 1.42. The summed E-state index contributed by atoms with van der Waals surface area (Å²) in [6.07, 6.45) is 1.73. The number of thiophene rings is 1. The zero-order valence-electron chi connectivity index (χ0n) is 18.9. The summed E-state index contributed by atoms with van der Waals surface area (Å²) in [6.45, 7) is 7.29. The Morgan fingerprint density at radius 1 is 1.12 bits per heavy atom. The lowest BCUT2D eigenvalue weighted by atomic mass is 10.1. The number of nitrogens with zero attached hydrogens (tertiary/aromatic N) is 3. The molecule has 4 rings (SSSR count). The van der Waals surface area contributed by atoms with Crippen LogP contribution >= 0.6 is 11.3 Å². The van der Waals surface area contributed by atoms with E-state index in [2.05, 4.69) is 21.5 Å². The first-order chi connectivity index (χ1) is 16.1. The minimum Gasteiger partial charge on any atom is -0.379 e. The van der Waals surface area contributed by atoms with Crippen molar-refractivity contribution >= 4 is 28.3 Å². The summed E-state index contributed by atoms with van der Waals surface area (Å²) >= 11 is 1.68. The van der Waals surface area contributed by atoms with Crippen LogP contribution in [0.3, 0.4) is 0 Å². The van der Waals surface area contributed by atoms with Gasteiger partial charge in [-0.15, -0.1) is 11.3 Å². The Bertz CT molecular complexity index is 1200. The zero-order chi connectivity index (χ0) is 23.0. The van der Waals surface area contributed by atoms with Gasteiger partial charge in [0.05, 0.1) is 43.5 Å². The van der Waals surface area contributed by atoms with Gasteiger partial charge in [-0.2, -0.15) is 5.10 Å². The number of hydrogen-bond donors (Lipinski definition) is 1. The molecule has 8 heteroatoms. The van der Waals surface area contributed by atoms with E-state index in [1.807, 2.05) is 60.3 Å². The first kappa shape index (κ1) is 23.1. The van der Waals surface area contributed by atoms with E-state index >= 15 is 0 Å². The molecule has 3 heterocycles. The van der Waals surface area contributed by atoms with Gasteiger partial charge in [0.2, 0.25) is 0 Å². The Labute approximate surface area is 197 Å². The lowest BCUT2D eigenvalue weighted by Crippen LogP contribution is -2.23. The molecule has 0 aliphatic carbocycles. The Morgan fingerprint density at radius 2 is 1.97 bits per heavy atom. The molecule has 33 heavy (non-hydrogen) atoms. The highest BCUT2D eigenvalue weighted by Crippen LogP contribution is 2.20. The molecule has 0 radical (unpaired) electrons. The van der Waals surface area contributed by atoms with Crippen molar-refractivity contribution in [1.29, 1.82) is 0 Å². The third kappa shape index (κ3) is 6.04. The summed E-state index contributed by atoms with van der Waals surface area (Å²) in [5, 5.41) is 10.3. The largest absolute Gasteiger partial charge is 0.379 e. The molecule has 1 N–H and O–H groups in total. The van der Waals surface area contributed by atoms with Crippen LogP contribution in [0.2, 0.25) is 0 Å². The molecular formula is C25H28N4O3S. The molecule has 1 amide bonds. The minimum absolute atomic E-state index is 0.139. The molecule has 172 valence electrons. The number of fused-ring (bicyclic) bond motifs is 1. The van der Waals surface area contributed by atoms with Gasteiger partial charge in [-0.1, -0.05) is 30.3 Å². The maximum absolute atomic E-state index is 13.1. The van der Waals surface area contributed by atoms with Gasteiger partial charge in [0.1, 0.15) is 0 Å². The minimum atomic E-state index is -0.139. The predicted octanol–water partition coefficient (Wildman–Crippen LogP) is 4.33. The van der Waals surface area contributed by atoms with Crippen LogP contribution < -0.4 is 5.32 Å². The Hall–Kier alpha value is -3.07. The second kappa shape index (κ2) is 11.2. The van der Waals surface area contributed by atoms with Gasteiger partial charge in [0, 0.05) is 23.7 Å². The molecule has 0 bridgehead atoms. The predicted molar refractivity (Wildman–Crippen MR) is 129 cm³/mol. The number of amides is 1. The van der Waals surface area contributed by atoms with E-state index < -0.39 is 0 Å². The fraction of sp³-hybridized carbons (Fsp3) is 0.320. The van der Waals surface area contributed by atoms with E-state index in [0.29, 0.717) is 45.1 Å². The molecule has 0 saturated heterocycles. The number of pyridine rings is 1. The van der Waals surface area contributed by atoms with E-state index in [0.717, 1.165) is 27.9 Å². The SMILES string of the molecule is CCOCCOCc1cccc(CNC(=O)c2cc(C)nc3c2cnn3Cc2cccs2)c1. The number of benzene rings is 1. The summed E-state index contributed by atoms with van der Waals surface area (Å²) in [4.78, 5) is 18.9. The van der Waals surface area contributed by atoms with Gasteiger partial charge >= 0.3 is 0 Å². The van der Waals surface area contributed by atoms with E-state index in [-0.39, 0.29) is 5.91 Å². The lowest BCUT2D eigenvalue weighted by molar-refractivity contribution is 0.0453. The Kier molecular flexibility index (Phi) is 7.83. The number of ether oxygens (including phenoxy) is 2. The molecule has 0 aliphatic rings. The van der Waals surface area contributed by atoms with Gasteiger partial charge in [-0.3, -0.25) is 4.79 Å². The molecule has 0 saturated carbocycles. The van der Waals surface area contributed by atoms with E-state index in [9.17, 15) is 4.79 Å². The number of carbonyl (C=O) groups excluding carboxylic acids is 1. The van der Waals surface area contributed by atoms with Crippen LogP contribution in [0.5, 0.6) is 0 Å². The summed E-state index contributed by atoms with van der Waals surface area (Å²) in [5.41, 5.74) is 4.18. The fourth-order valence-corrected chi connectivity index (χ4v) is 4.27. The summed E-state index contributed by atoms with van der Waals surface area (Å²) in [5.74, 6) is -0.139.